The van der Waals surface area contributed by atoms with Gasteiger partial charge < -0.3 is 15.1 Å². The highest BCUT2D eigenvalue weighted by Crippen LogP contribution is 2.21. The van der Waals surface area contributed by atoms with Gasteiger partial charge in [0.15, 0.2) is 5.16 Å². The van der Waals surface area contributed by atoms with E-state index in [1.807, 2.05) is 12.3 Å². The molecule has 0 amide bonds. The van der Waals surface area contributed by atoms with E-state index in [-0.39, 0.29) is 6.04 Å². The third-order valence-corrected chi connectivity index (χ3v) is 3.15. The summed E-state index contributed by atoms with van der Waals surface area (Å²) in [7, 11) is 1.70. The summed E-state index contributed by atoms with van der Waals surface area (Å²) in [6, 6.07) is 2.09. The SMILES string of the molecule is CCN(c1cc(NN)nc(SC)n1)C(C)COC. The van der Waals surface area contributed by atoms with E-state index in [0.717, 1.165) is 12.4 Å². The van der Waals surface area contributed by atoms with Crippen LogP contribution in [0.25, 0.3) is 0 Å². The second-order valence-electron chi connectivity index (χ2n) is 3.83. The number of nitrogens with one attached hydrogen (secondary N) is 1. The van der Waals surface area contributed by atoms with Crippen molar-refractivity contribution >= 4 is 23.4 Å². The molecule has 7 heteroatoms. The number of hydrogen-bond acceptors (Lipinski definition) is 7. The van der Waals surface area contributed by atoms with Crippen molar-refractivity contribution in [2.45, 2.75) is 25.0 Å². The van der Waals surface area contributed by atoms with Gasteiger partial charge in [0.2, 0.25) is 0 Å². The Morgan fingerprint density at radius 3 is 2.78 bits per heavy atom. The van der Waals surface area contributed by atoms with Crippen molar-refractivity contribution in [3.8, 4) is 0 Å². The minimum Gasteiger partial charge on any atom is -0.383 e. The van der Waals surface area contributed by atoms with Crippen molar-refractivity contribution in [3.05, 3.63) is 6.07 Å². The van der Waals surface area contributed by atoms with Crippen LogP contribution < -0.4 is 16.2 Å². The summed E-state index contributed by atoms with van der Waals surface area (Å²) < 4.78 is 5.19. The Morgan fingerprint density at radius 2 is 2.28 bits per heavy atom. The normalized spacial score (nSPS) is 12.3. The number of rotatable bonds is 7. The summed E-state index contributed by atoms with van der Waals surface area (Å²) in [6.07, 6.45) is 1.94. The van der Waals surface area contributed by atoms with Crippen molar-refractivity contribution in [2.24, 2.45) is 5.84 Å². The average Bonchev–Trinajstić information content (AvgIpc) is 2.39. The first-order chi connectivity index (χ1) is 8.65. The molecule has 1 aromatic rings. The Kier molecular flexibility index (Phi) is 6.17. The number of ether oxygens (including phenoxy) is 1. The molecule has 0 bridgehead atoms. The van der Waals surface area contributed by atoms with E-state index in [1.54, 1.807) is 7.11 Å². The number of hydrogen-bond donors (Lipinski definition) is 2. The van der Waals surface area contributed by atoms with E-state index < -0.39 is 0 Å². The van der Waals surface area contributed by atoms with Crippen LogP contribution in [-0.4, -0.2) is 42.5 Å². The molecule has 0 aliphatic rings. The Balaban J connectivity index is 3.03. The topological polar surface area (TPSA) is 76.3 Å². The summed E-state index contributed by atoms with van der Waals surface area (Å²) >= 11 is 1.49. The van der Waals surface area contributed by atoms with Crippen LogP contribution in [0.4, 0.5) is 11.6 Å². The van der Waals surface area contributed by atoms with Gasteiger partial charge in [0.1, 0.15) is 11.6 Å². The molecular formula is C11H21N5OS. The van der Waals surface area contributed by atoms with Crippen LogP contribution in [0.1, 0.15) is 13.8 Å². The molecule has 0 aliphatic carbocycles. The van der Waals surface area contributed by atoms with Crippen LogP contribution >= 0.6 is 11.8 Å². The minimum absolute atomic E-state index is 0.246. The summed E-state index contributed by atoms with van der Waals surface area (Å²) in [6.45, 7) is 5.68. The zero-order valence-corrected chi connectivity index (χ0v) is 12.1. The number of nitrogens with zero attached hydrogens (tertiary/aromatic N) is 3. The molecule has 0 spiro atoms. The van der Waals surface area contributed by atoms with Crippen molar-refractivity contribution in [1.29, 1.82) is 0 Å². The lowest BCUT2D eigenvalue weighted by Crippen LogP contribution is -2.37. The van der Waals surface area contributed by atoms with Gasteiger partial charge in [0.25, 0.3) is 0 Å². The van der Waals surface area contributed by atoms with Gasteiger partial charge in [-0.3, -0.25) is 0 Å². The van der Waals surface area contributed by atoms with E-state index in [9.17, 15) is 0 Å². The van der Waals surface area contributed by atoms with Crippen molar-refractivity contribution in [1.82, 2.24) is 9.97 Å². The fourth-order valence-electron chi connectivity index (χ4n) is 1.76. The van der Waals surface area contributed by atoms with Gasteiger partial charge in [-0.05, 0) is 20.1 Å². The number of anilines is 2. The number of thioether (sulfide) groups is 1. The summed E-state index contributed by atoms with van der Waals surface area (Å²) in [5.41, 5.74) is 2.57. The molecule has 0 fully saturated rings. The fraction of sp³-hybridized carbons (Fsp3) is 0.636. The van der Waals surface area contributed by atoms with Crippen LogP contribution in [0, 0.1) is 0 Å². The molecule has 1 rings (SSSR count). The monoisotopic (exact) mass is 271 g/mol. The molecule has 1 unspecified atom stereocenters. The van der Waals surface area contributed by atoms with Gasteiger partial charge in [-0.2, -0.15) is 0 Å². The molecule has 0 radical (unpaired) electrons. The average molecular weight is 271 g/mol. The number of likely N-dealkylation sites (N-methyl/N-ethyl adjacent to an activating group) is 1. The lowest BCUT2D eigenvalue weighted by Gasteiger charge is -2.29. The maximum Gasteiger partial charge on any atom is 0.191 e. The van der Waals surface area contributed by atoms with Crippen LogP contribution in [0.5, 0.6) is 0 Å². The highest BCUT2D eigenvalue weighted by Gasteiger charge is 2.15. The van der Waals surface area contributed by atoms with Gasteiger partial charge in [-0.1, -0.05) is 11.8 Å². The van der Waals surface area contributed by atoms with Crippen LogP contribution in [0.15, 0.2) is 11.2 Å². The molecule has 0 aromatic carbocycles. The largest absolute Gasteiger partial charge is 0.383 e. The predicted molar refractivity (Wildman–Crippen MR) is 76.0 cm³/mol. The predicted octanol–water partition coefficient (Wildman–Crippen LogP) is 1.35. The first-order valence-corrected chi connectivity index (χ1v) is 7.04. The molecule has 0 aliphatic heterocycles. The van der Waals surface area contributed by atoms with Gasteiger partial charge in [-0.25, -0.2) is 15.8 Å². The first-order valence-electron chi connectivity index (χ1n) is 5.81. The van der Waals surface area contributed by atoms with E-state index in [2.05, 4.69) is 34.1 Å². The highest BCUT2D eigenvalue weighted by atomic mass is 32.2. The van der Waals surface area contributed by atoms with Crippen LogP contribution in [-0.2, 0) is 4.74 Å². The lowest BCUT2D eigenvalue weighted by molar-refractivity contribution is 0.181. The molecule has 102 valence electrons. The quantitative estimate of drug-likeness (QED) is 0.335. The van der Waals surface area contributed by atoms with Crippen molar-refractivity contribution < 1.29 is 4.74 Å². The number of methoxy groups -OCH3 is 1. The molecular weight excluding hydrogens is 250 g/mol. The Morgan fingerprint density at radius 1 is 1.56 bits per heavy atom. The molecule has 0 saturated heterocycles. The zero-order valence-electron chi connectivity index (χ0n) is 11.3. The second kappa shape index (κ2) is 7.40. The highest BCUT2D eigenvalue weighted by molar-refractivity contribution is 7.98. The van der Waals surface area contributed by atoms with Crippen molar-refractivity contribution in [3.63, 3.8) is 0 Å². The third kappa shape index (κ3) is 3.72. The standard InChI is InChI=1S/C11H21N5OS/c1-5-16(8(2)7-17-3)10-6-9(15-12)13-11(14-10)18-4/h6,8H,5,7,12H2,1-4H3,(H,13,14,15). The number of nitrogens with two attached hydrogens (primary N) is 1. The minimum atomic E-state index is 0.246. The molecule has 1 heterocycles. The summed E-state index contributed by atoms with van der Waals surface area (Å²) in [4.78, 5) is 10.9. The number of hydrazine groups is 1. The number of aromatic nitrogens is 2. The maximum atomic E-state index is 5.43. The van der Waals surface area contributed by atoms with Gasteiger partial charge in [0, 0.05) is 19.7 Å². The molecule has 18 heavy (non-hydrogen) atoms. The Labute approximate surface area is 112 Å². The van der Waals surface area contributed by atoms with Crippen molar-refractivity contribution in [2.75, 3.05) is 36.8 Å². The van der Waals surface area contributed by atoms with E-state index >= 15 is 0 Å². The fourth-order valence-corrected chi connectivity index (χ4v) is 2.13. The smallest absolute Gasteiger partial charge is 0.191 e. The molecule has 1 atom stereocenters. The zero-order chi connectivity index (χ0) is 13.5. The summed E-state index contributed by atoms with van der Waals surface area (Å²) in [5.74, 6) is 6.90. The van der Waals surface area contributed by atoms with Gasteiger partial charge >= 0.3 is 0 Å². The van der Waals surface area contributed by atoms with E-state index in [0.29, 0.717) is 17.6 Å². The Hall–Kier alpha value is -1.05. The lowest BCUT2D eigenvalue weighted by atomic mass is 10.3. The number of nitrogen functional groups attached to an aromatic ring is 1. The third-order valence-electron chi connectivity index (χ3n) is 2.60. The maximum absolute atomic E-state index is 5.43. The summed E-state index contributed by atoms with van der Waals surface area (Å²) in [5, 5.41) is 0.698. The van der Waals surface area contributed by atoms with Crippen LogP contribution in [0.3, 0.4) is 0 Å². The molecule has 1 aromatic heterocycles. The van der Waals surface area contributed by atoms with E-state index in [1.165, 1.54) is 11.8 Å². The van der Waals surface area contributed by atoms with E-state index in [4.69, 9.17) is 10.6 Å². The molecule has 0 saturated carbocycles. The Bertz CT molecular complexity index is 354. The first kappa shape index (κ1) is 15.0. The molecule has 6 nitrogen and oxygen atoms in total. The second-order valence-corrected chi connectivity index (χ2v) is 4.61. The van der Waals surface area contributed by atoms with Crippen LogP contribution in [0.2, 0.25) is 0 Å². The van der Waals surface area contributed by atoms with Gasteiger partial charge in [-0.15, -0.1) is 0 Å². The van der Waals surface area contributed by atoms with Gasteiger partial charge in [0.05, 0.1) is 12.6 Å². The molecule has 3 N–H and O–H groups in total.